The number of carbonyl (C=O) groups is 1. The standard InChI is InChI=1S/C16H18O3.C2H6/c1-3-18-15-11-14(16(17)19-4-2)10-9-13(15)8-7-12-5-6-12;1-2/h9-12H,3-6H2,1-2H3;1-2H3. The fraction of sp³-hybridized carbons (Fsp3) is 0.500. The molecule has 1 aromatic carbocycles. The maximum absolute atomic E-state index is 11.7. The molecule has 0 heterocycles. The highest BCUT2D eigenvalue weighted by Gasteiger charge is 2.18. The van der Waals surface area contributed by atoms with Crippen molar-refractivity contribution in [1.82, 2.24) is 0 Å². The molecule has 1 aliphatic rings. The zero-order valence-electron chi connectivity index (χ0n) is 13.4. The third kappa shape index (κ3) is 5.51. The number of hydrogen-bond acceptors (Lipinski definition) is 3. The van der Waals surface area contributed by atoms with Crippen LogP contribution in [-0.4, -0.2) is 19.2 Å². The largest absolute Gasteiger partial charge is 0.493 e. The quantitative estimate of drug-likeness (QED) is 0.619. The van der Waals surface area contributed by atoms with Gasteiger partial charge in [-0.2, -0.15) is 0 Å². The van der Waals surface area contributed by atoms with E-state index in [1.807, 2.05) is 26.8 Å². The molecule has 1 aliphatic carbocycles. The first-order valence-electron chi connectivity index (χ1n) is 7.70. The van der Waals surface area contributed by atoms with E-state index in [0.29, 0.717) is 30.4 Å². The first kappa shape index (κ1) is 17.1. The average Bonchev–Trinajstić information content (AvgIpc) is 3.33. The monoisotopic (exact) mass is 288 g/mol. The molecule has 0 atom stereocenters. The van der Waals surface area contributed by atoms with Crippen LogP contribution in [0, 0.1) is 17.8 Å². The second kappa shape index (κ2) is 9.07. The second-order valence-corrected chi connectivity index (χ2v) is 4.41. The Morgan fingerprint density at radius 3 is 2.52 bits per heavy atom. The molecule has 0 radical (unpaired) electrons. The zero-order valence-corrected chi connectivity index (χ0v) is 13.4. The zero-order chi connectivity index (χ0) is 15.7. The minimum Gasteiger partial charge on any atom is -0.493 e. The molecule has 0 N–H and O–H groups in total. The minimum atomic E-state index is -0.329. The van der Waals surface area contributed by atoms with Crippen LogP contribution in [0.4, 0.5) is 0 Å². The van der Waals surface area contributed by atoms with Gasteiger partial charge in [-0.1, -0.05) is 25.7 Å². The highest BCUT2D eigenvalue weighted by atomic mass is 16.5. The molecule has 1 fully saturated rings. The van der Waals surface area contributed by atoms with Crippen LogP contribution in [0.2, 0.25) is 0 Å². The Labute approximate surface area is 127 Å². The van der Waals surface area contributed by atoms with Crippen LogP contribution in [0.1, 0.15) is 56.5 Å². The van der Waals surface area contributed by atoms with Crippen molar-refractivity contribution in [1.29, 1.82) is 0 Å². The summed E-state index contributed by atoms with van der Waals surface area (Å²) in [7, 11) is 0. The van der Waals surface area contributed by atoms with Gasteiger partial charge in [0.15, 0.2) is 0 Å². The fourth-order valence-corrected chi connectivity index (χ4v) is 1.65. The molecule has 0 aliphatic heterocycles. The van der Waals surface area contributed by atoms with E-state index >= 15 is 0 Å². The summed E-state index contributed by atoms with van der Waals surface area (Å²) < 4.78 is 10.5. The van der Waals surface area contributed by atoms with Gasteiger partial charge in [-0.15, -0.1) is 0 Å². The second-order valence-electron chi connectivity index (χ2n) is 4.41. The summed E-state index contributed by atoms with van der Waals surface area (Å²) >= 11 is 0. The van der Waals surface area contributed by atoms with Crippen molar-refractivity contribution in [2.24, 2.45) is 5.92 Å². The maximum Gasteiger partial charge on any atom is 0.338 e. The Morgan fingerprint density at radius 2 is 1.95 bits per heavy atom. The van der Waals surface area contributed by atoms with E-state index in [9.17, 15) is 4.79 Å². The van der Waals surface area contributed by atoms with E-state index < -0.39 is 0 Å². The number of hydrogen-bond donors (Lipinski definition) is 0. The minimum absolute atomic E-state index is 0.329. The lowest BCUT2D eigenvalue weighted by Crippen LogP contribution is -2.05. The van der Waals surface area contributed by atoms with Crippen molar-refractivity contribution in [3.63, 3.8) is 0 Å². The molecule has 0 amide bonds. The molecule has 1 aromatic rings. The van der Waals surface area contributed by atoms with Gasteiger partial charge in [0, 0.05) is 5.92 Å². The van der Waals surface area contributed by atoms with E-state index in [2.05, 4.69) is 11.8 Å². The van der Waals surface area contributed by atoms with Crippen LogP contribution >= 0.6 is 0 Å². The predicted octanol–water partition coefficient (Wildman–Crippen LogP) is 4.05. The molecule has 0 bridgehead atoms. The Hall–Kier alpha value is -1.95. The highest BCUT2D eigenvalue weighted by molar-refractivity contribution is 5.90. The molecule has 2 rings (SSSR count). The van der Waals surface area contributed by atoms with Crippen molar-refractivity contribution < 1.29 is 14.3 Å². The van der Waals surface area contributed by atoms with Crippen molar-refractivity contribution in [2.75, 3.05) is 13.2 Å². The maximum atomic E-state index is 11.7. The Kier molecular flexibility index (Phi) is 7.39. The molecule has 0 saturated heterocycles. The third-order valence-electron chi connectivity index (χ3n) is 2.78. The van der Waals surface area contributed by atoms with E-state index in [0.717, 1.165) is 5.56 Å². The van der Waals surface area contributed by atoms with Crippen LogP contribution in [0.3, 0.4) is 0 Å². The summed E-state index contributed by atoms with van der Waals surface area (Å²) in [5, 5.41) is 0. The molecule has 3 nitrogen and oxygen atoms in total. The van der Waals surface area contributed by atoms with Gasteiger partial charge in [-0.3, -0.25) is 0 Å². The lowest BCUT2D eigenvalue weighted by Gasteiger charge is -2.08. The molecule has 114 valence electrons. The van der Waals surface area contributed by atoms with Gasteiger partial charge in [0.05, 0.1) is 24.3 Å². The molecule has 0 aromatic heterocycles. The third-order valence-corrected chi connectivity index (χ3v) is 2.78. The number of esters is 1. The van der Waals surface area contributed by atoms with Crippen LogP contribution < -0.4 is 4.74 Å². The first-order valence-corrected chi connectivity index (χ1v) is 7.70. The smallest absolute Gasteiger partial charge is 0.338 e. The van der Waals surface area contributed by atoms with Gasteiger partial charge < -0.3 is 9.47 Å². The van der Waals surface area contributed by atoms with Crippen LogP contribution in [-0.2, 0) is 4.74 Å². The van der Waals surface area contributed by atoms with Gasteiger partial charge in [-0.25, -0.2) is 4.79 Å². The normalized spacial score (nSPS) is 12.4. The first-order chi connectivity index (χ1) is 10.2. The van der Waals surface area contributed by atoms with Crippen molar-refractivity contribution in [3.05, 3.63) is 29.3 Å². The Morgan fingerprint density at radius 1 is 1.24 bits per heavy atom. The van der Waals surface area contributed by atoms with E-state index in [-0.39, 0.29) is 5.97 Å². The molecule has 21 heavy (non-hydrogen) atoms. The number of ether oxygens (including phenoxy) is 2. The van der Waals surface area contributed by atoms with E-state index in [4.69, 9.17) is 9.47 Å². The summed E-state index contributed by atoms with van der Waals surface area (Å²) in [6, 6.07) is 5.27. The molecular weight excluding hydrogens is 264 g/mol. The topological polar surface area (TPSA) is 35.5 Å². The number of rotatable bonds is 4. The van der Waals surface area contributed by atoms with Gasteiger partial charge in [-0.05, 0) is 44.9 Å². The van der Waals surface area contributed by atoms with Crippen molar-refractivity contribution in [3.8, 4) is 17.6 Å². The van der Waals surface area contributed by atoms with E-state index in [1.165, 1.54) is 12.8 Å². The van der Waals surface area contributed by atoms with Crippen LogP contribution in [0.25, 0.3) is 0 Å². The summed E-state index contributed by atoms with van der Waals surface area (Å²) in [4.78, 5) is 11.7. The summed E-state index contributed by atoms with van der Waals surface area (Å²) in [6.45, 7) is 8.61. The lowest BCUT2D eigenvalue weighted by molar-refractivity contribution is 0.0526. The molecule has 1 saturated carbocycles. The Bertz CT molecular complexity index is 519. The van der Waals surface area contributed by atoms with Crippen molar-refractivity contribution in [2.45, 2.75) is 40.5 Å². The predicted molar refractivity (Wildman–Crippen MR) is 84.5 cm³/mol. The van der Waals surface area contributed by atoms with Gasteiger partial charge in [0.25, 0.3) is 0 Å². The van der Waals surface area contributed by atoms with Crippen LogP contribution in [0.15, 0.2) is 18.2 Å². The molecule has 3 heteroatoms. The lowest BCUT2D eigenvalue weighted by atomic mass is 10.1. The number of benzene rings is 1. The van der Waals surface area contributed by atoms with Gasteiger partial charge in [0.2, 0.25) is 0 Å². The summed E-state index contributed by atoms with van der Waals surface area (Å²) in [5.74, 6) is 7.20. The average molecular weight is 288 g/mol. The Balaban J connectivity index is 0.00000106. The highest BCUT2D eigenvalue weighted by Crippen LogP contribution is 2.28. The molecular formula is C18H24O3. The van der Waals surface area contributed by atoms with E-state index in [1.54, 1.807) is 19.1 Å². The van der Waals surface area contributed by atoms with Crippen molar-refractivity contribution >= 4 is 5.97 Å². The summed E-state index contributed by atoms with van der Waals surface area (Å²) in [6.07, 6.45) is 2.38. The molecule has 0 spiro atoms. The molecule has 0 unspecified atom stereocenters. The van der Waals surface area contributed by atoms with Gasteiger partial charge in [0.1, 0.15) is 5.75 Å². The van der Waals surface area contributed by atoms with Gasteiger partial charge >= 0.3 is 5.97 Å². The summed E-state index contributed by atoms with van der Waals surface area (Å²) in [5.41, 5.74) is 1.34. The SMILES string of the molecule is CC.CCOC(=O)c1ccc(C#CC2CC2)c(OCC)c1. The number of carbonyl (C=O) groups excluding carboxylic acids is 1. The fourth-order valence-electron chi connectivity index (χ4n) is 1.65. The van der Waals surface area contributed by atoms with Crippen LogP contribution in [0.5, 0.6) is 5.75 Å².